The van der Waals surface area contributed by atoms with Crippen LogP contribution in [0.2, 0.25) is 0 Å². The van der Waals surface area contributed by atoms with E-state index in [4.69, 9.17) is 9.47 Å². The zero-order chi connectivity index (χ0) is 22.4. The average Bonchev–Trinajstić information content (AvgIpc) is 2.99. The molecule has 0 bridgehead atoms. The SMILES string of the molecule is Cc1cccc(C)c1OCC(=O)N1CCCN(C(=O)COc2c(C)cccc2C)CC1. The summed E-state index contributed by atoms with van der Waals surface area (Å²) in [5.74, 6) is 1.43. The Labute approximate surface area is 184 Å². The fourth-order valence-electron chi connectivity index (χ4n) is 3.92. The van der Waals surface area contributed by atoms with E-state index >= 15 is 0 Å². The molecule has 2 amide bonds. The fourth-order valence-corrected chi connectivity index (χ4v) is 3.92. The minimum Gasteiger partial charge on any atom is -0.483 e. The summed E-state index contributed by atoms with van der Waals surface area (Å²) >= 11 is 0. The van der Waals surface area contributed by atoms with Gasteiger partial charge >= 0.3 is 0 Å². The smallest absolute Gasteiger partial charge is 0.260 e. The molecule has 1 heterocycles. The van der Waals surface area contributed by atoms with E-state index < -0.39 is 0 Å². The number of hydrogen-bond donors (Lipinski definition) is 0. The zero-order valence-electron chi connectivity index (χ0n) is 18.9. The van der Waals surface area contributed by atoms with Crippen molar-refractivity contribution in [2.24, 2.45) is 0 Å². The van der Waals surface area contributed by atoms with Crippen molar-refractivity contribution in [3.63, 3.8) is 0 Å². The number of amides is 2. The van der Waals surface area contributed by atoms with Crippen LogP contribution in [0.15, 0.2) is 36.4 Å². The second-order valence-electron chi connectivity index (χ2n) is 8.13. The Morgan fingerprint density at radius 1 is 0.677 bits per heavy atom. The molecule has 2 aromatic rings. The molecule has 3 rings (SSSR count). The lowest BCUT2D eigenvalue weighted by Crippen LogP contribution is -2.40. The van der Waals surface area contributed by atoms with Gasteiger partial charge in [0.2, 0.25) is 0 Å². The highest BCUT2D eigenvalue weighted by Gasteiger charge is 2.23. The maximum Gasteiger partial charge on any atom is 0.260 e. The Hall–Kier alpha value is -3.02. The van der Waals surface area contributed by atoms with Crippen LogP contribution in [0, 0.1) is 27.7 Å². The number of nitrogens with zero attached hydrogens (tertiary/aromatic N) is 2. The van der Waals surface area contributed by atoms with Crippen LogP contribution in [0.3, 0.4) is 0 Å². The van der Waals surface area contributed by atoms with Crippen molar-refractivity contribution in [2.75, 3.05) is 39.4 Å². The molecule has 0 unspecified atom stereocenters. The highest BCUT2D eigenvalue weighted by atomic mass is 16.5. The van der Waals surface area contributed by atoms with Gasteiger partial charge in [-0.05, 0) is 56.4 Å². The molecule has 0 atom stereocenters. The minimum absolute atomic E-state index is 0.00924. The number of rotatable bonds is 6. The van der Waals surface area contributed by atoms with Gasteiger partial charge in [-0.15, -0.1) is 0 Å². The number of benzene rings is 2. The molecule has 2 aromatic carbocycles. The Bertz CT molecular complexity index is 825. The van der Waals surface area contributed by atoms with Crippen LogP contribution in [0.25, 0.3) is 0 Å². The lowest BCUT2D eigenvalue weighted by atomic mass is 10.1. The third-order valence-electron chi connectivity index (χ3n) is 5.70. The van der Waals surface area contributed by atoms with Crippen LogP contribution in [0.1, 0.15) is 28.7 Å². The third-order valence-corrected chi connectivity index (χ3v) is 5.70. The summed E-state index contributed by atoms with van der Waals surface area (Å²) in [7, 11) is 0. The predicted molar refractivity (Wildman–Crippen MR) is 121 cm³/mol. The van der Waals surface area contributed by atoms with Gasteiger partial charge < -0.3 is 19.3 Å². The molecule has 0 saturated carbocycles. The summed E-state index contributed by atoms with van der Waals surface area (Å²) < 4.78 is 11.6. The number of carbonyl (C=O) groups excluding carboxylic acids is 2. The van der Waals surface area contributed by atoms with Crippen LogP contribution in [0.5, 0.6) is 11.5 Å². The number of ether oxygens (including phenoxy) is 2. The second kappa shape index (κ2) is 10.3. The first kappa shape index (κ1) is 22.7. The maximum absolute atomic E-state index is 12.7. The highest BCUT2D eigenvalue weighted by Crippen LogP contribution is 2.23. The first-order valence-corrected chi connectivity index (χ1v) is 10.8. The van der Waals surface area contributed by atoms with Gasteiger partial charge in [0, 0.05) is 26.2 Å². The molecule has 6 nitrogen and oxygen atoms in total. The highest BCUT2D eigenvalue weighted by molar-refractivity contribution is 5.79. The van der Waals surface area contributed by atoms with E-state index in [1.807, 2.05) is 64.1 Å². The van der Waals surface area contributed by atoms with Crippen molar-refractivity contribution in [1.82, 2.24) is 9.80 Å². The molecule has 0 radical (unpaired) electrons. The molecule has 0 aliphatic carbocycles. The van der Waals surface area contributed by atoms with Gasteiger partial charge in [0.1, 0.15) is 11.5 Å². The fraction of sp³-hybridized carbons (Fsp3) is 0.440. The monoisotopic (exact) mass is 424 g/mol. The second-order valence-corrected chi connectivity index (χ2v) is 8.13. The van der Waals surface area contributed by atoms with E-state index in [2.05, 4.69) is 0 Å². The third kappa shape index (κ3) is 5.78. The molecule has 6 heteroatoms. The van der Waals surface area contributed by atoms with Crippen molar-refractivity contribution in [3.8, 4) is 11.5 Å². The number of carbonyl (C=O) groups is 2. The Balaban J connectivity index is 1.50. The summed E-state index contributed by atoms with van der Waals surface area (Å²) in [5, 5.41) is 0. The van der Waals surface area contributed by atoms with Crippen molar-refractivity contribution in [2.45, 2.75) is 34.1 Å². The van der Waals surface area contributed by atoms with Crippen LogP contribution in [-0.4, -0.2) is 61.0 Å². The van der Waals surface area contributed by atoms with Gasteiger partial charge in [-0.1, -0.05) is 36.4 Å². The van der Waals surface area contributed by atoms with Gasteiger partial charge in [0.15, 0.2) is 13.2 Å². The Morgan fingerprint density at radius 2 is 1.03 bits per heavy atom. The van der Waals surface area contributed by atoms with E-state index in [0.717, 1.165) is 40.2 Å². The zero-order valence-corrected chi connectivity index (χ0v) is 18.9. The van der Waals surface area contributed by atoms with Crippen LogP contribution in [0.4, 0.5) is 0 Å². The van der Waals surface area contributed by atoms with Gasteiger partial charge in [0.05, 0.1) is 0 Å². The van der Waals surface area contributed by atoms with E-state index in [0.29, 0.717) is 26.2 Å². The standard InChI is InChI=1S/C25H32N2O4/c1-18-8-5-9-19(2)24(18)30-16-22(28)26-12-7-13-27(15-14-26)23(29)17-31-25-20(3)10-6-11-21(25)4/h5-6,8-11H,7,12-17H2,1-4H3. The molecular formula is C25H32N2O4. The van der Waals surface area contributed by atoms with Crippen LogP contribution in [-0.2, 0) is 9.59 Å². The summed E-state index contributed by atoms with van der Waals surface area (Å²) in [6, 6.07) is 11.9. The largest absolute Gasteiger partial charge is 0.483 e. The van der Waals surface area contributed by atoms with Gasteiger partial charge in [-0.3, -0.25) is 9.59 Å². The first-order valence-electron chi connectivity index (χ1n) is 10.8. The molecule has 1 fully saturated rings. The number of hydrogen-bond acceptors (Lipinski definition) is 4. The lowest BCUT2D eigenvalue weighted by molar-refractivity contribution is -0.135. The molecule has 1 saturated heterocycles. The van der Waals surface area contributed by atoms with Crippen molar-refractivity contribution < 1.29 is 19.1 Å². The summed E-state index contributed by atoms with van der Waals surface area (Å²) in [6.07, 6.45) is 0.740. The lowest BCUT2D eigenvalue weighted by Gasteiger charge is -2.23. The first-order chi connectivity index (χ1) is 14.9. The molecule has 166 valence electrons. The molecule has 1 aliphatic rings. The number of aryl methyl sites for hydroxylation is 4. The van der Waals surface area contributed by atoms with Gasteiger partial charge in [-0.2, -0.15) is 0 Å². The normalized spacial score (nSPS) is 14.2. The Morgan fingerprint density at radius 3 is 1.39 bits per heavy atom. The van der Waals surface area contributed by atoms with Crippen molar-refractivity contribution in [3.05, 3.63) is 58.7 Å². The van der Waals surface area contributed by atoms with Crippen molar-refractivity contribution in [1.29, 1.82) is 0 Å². The van der Waals surface area contributed by atoms with Gasteiger partial charge in [-0.25, -0.2) is 0 Å². The molecule has 0 spiro atoms. The predicted octanol–water partition coefficient (Wildman–Crippen LogP) is 3.44. The molecule has 1 aliphatic heterocycles. The molecule has 31 heavy (non-hydrogen) atoms. The van der Waals surface area contributed by atoms with E-state index in [-0.39, 0.29) is 25.0 Å². The summed E-state index contributed by atoms with van der Waals surface area (Å²) in [6.45, 7) is 10.2. The van der Waals surface area contributed by atoms with E-state index in [1.165, 1.54) is 0 Å². The van der Waals surface area contributed by atoms with Crippen LogP contribution < -0.4 is 9.47 Å². The van der Waals surface area contributed by atoms with E-state index in [1.54, 1.807) is 9.80 Å². The average molecular weight is 425 g/mol. The maximum atomic E-state index is 12.7. The summed E-state index contributed by atoms with van der Waals surface area (Å²) in [5.41, 5.74) is 4.07. The quantitative estimate of drug-likeness (QED) is 0.713. The van der Waals surface area contributed by atoms with E-state index in [9.17, 15) is 9.59 Å². The van der Waals surface area contributed by atoms with Crippen LogP contribution >= 0.6 is 0 Å². The molecule has 0 aromatic heterocycles. The minimum atomic E-state index is -0.0521. The van der Waals surface area contributed by atoms with Gasteiger partial charge in [0.25, 0.3) is 11.8 Å². The summed E-state index contributed by atoms with van der Waals surface area (Å²) in [4.78, 5) is 28.9. The Kier molecular flexibility index (Phi) is 7.55. The van der Waals surface area contributed by atoms with Crippen molar-refractivity contribution >= 4 is 11.8 Å². The number of para-hydroxylation sites is 2. The topological polar surface area (TPSA) is 59.1 Å². The molecule has 0 N–H and O–H groups in total. The molecular weight excluding hydrogens is 392 g/mol.